The van der Waals surface area contributed by atoms with E-state index in [9.17, 15) is 19.7 Å². The Morgan fingerprint density at radius 2 is 2.23 bits per heavy atom. The molecule has 0 fully saturated rings. The topological polar surface area (TPSA) is 201 Å². The van der Waals surface area contributed by atoms with Gasteiger partial charge in [0.1, 0.15) is 12.3 Å². The number of oxazole rings is 1. The van der Waals surface area contributed by atoms with Crippen molar-refractivity contribution < 1.29 is 23.8 Å². The third-order valence-corrected chi connectivity index (χ3v) is 3.07. The van der Waals surface area contributed by atoms with Gasteiger partial charge in [-0.15, -0.1) is 0 Å². The Morgan fingerprint density at radius 3 is 2.77 bits per heavy atom. The summed E-state index contributed by atoms with van der Waals surface area (Å²) < 4.78 is 9.71. The molecule has 26 heavy (non-hydrogen) atoms. The van der Waals surface area contributed by atoms with Crippen LogP contribution >= 0.6 is 0 Å². The summed E-state index contributed by atoms with van der Waals surface area (Å²) in [5.74, 6) is -1.46. The van der Waals surface area contributed by atoms with Gasteiger partial charge in [-0.25, -0.2) is 24.9 Å². The number of amides is 1. The number of nitrogens with zero attached hydrogens (tertiary/aromatic N) is 3. The van der Waals surface area contributed by atoms with Gasteiger partial charge in [0.15, 0.2) is 10.7 Å². The maximum atomic E-state index is 12.2. The summed E-state index contributed by atoms with van der Waals surface area (Å²) in [6, 6.07) is -1.44. The number of nitrogens with one attached hydrogen (secondary N) is 2. The second kappa shape index (κ2) is 9.93. The number of rotatable bonds is 9. The number of aliphatic imine (C=N–C) groups is 1. The van der Waals surface area contributed by atoms with Crippen LogP contribution in [0.3, 0.4) is 0 Å². The Kier molecular flexibility index (Phi) is 7.95. The Balaban J connectivity index is 2.62. The number of nitrogens with two attached hydrogens (primary N) is 2. The van der Waals surface area contributed by atoms with Crippen LogP contribution in [0.15, 0.2) is 15.7 Å². The van der Waals surface area contributed by atoms with E-state index in [4.69, 9.17) is 15.9 Å². The highest BCUT2D eigenvalue weighted by Gasteiger charge is 2.23. The Morgan fingerprint density at radius 1 is 1.54 bits per heavy atom. The standard InChI is InChI=1S/C13H21N7O6/c1-7(14)11-18-9(6-26-11)10(21)17-8(12(22)25-2)4-3-5-16-13(15)19-20(23)24/h6-8H,3-5,14H2,1-2H3,(H,17,21)(H3,15,16,19). The van der Waals surface area contributed by atoms with E-state index in [1.165, 1.54) is 7.11 Å². The van der Waals surface area contributed by atoms with Gasteiger partial charge in [0.25, 0.3) is 11.9 Å². The molecule has 0 aromatic carbocycles. The molecule has 0 bridgehead atoms. The molecule has 1 rings (SSSR count). The van der Waals surface area contributed by atoms with Crippen molar-refractivity contribution >= 4 is 17.8 Å². The van der Waals surface area contributed by atoms with E-state index in [1.54, 1.807) is 12.3 Å². The van der Waals surface area contributed by atoms with E-state index in [-0.39, 0.29) is 30.5 Å². The highest BCUT2D eigenvalue weighted by molar-refractivity contribution is 5.94. The second-order valence-corrected chi connectivity index (χ2v) is 5.19. The van der Waals surface area contributed by atoms with Crippen LogP contribution in [0, 0.1) is 10.1 Å². The molecule has 2 unspecified atom stereocenters. The molecule has 0 saturated carbocycles. The number of hydrogen-bond donors (Lipinski definition) is 4. The number of hydrazine groups is 1. The summed E-state index contributed by atoms with van der Waals surface area (Å²) in [7, 11) is 1.18. The lowest BCUT2D eigenvalue weighted by molar-refractivity contribution is -0.525. The summed E-state index contributed by atoms with van der Waals surface area (Å²) >= 11 is 0. The molecule has 144 valence electrons. The van der Waals surface area contributed by atoms with E-state index in [1.807, 2.05) is 0 Å². The summed E-state index contributed by atoms with van der Waals surface area (Å²) in [4.78, 5) is 41.8. The number of hydrogen-bond acceptors (Lipinski definition) is 9. The smallest absolute Gasteiger partial charge is 0.328 e. The zero-order valence-corrected chi connectivity index (χ0v) is 14.3. The van der Waals surface area contributed by atoms with E-state index in [0.29, 0.717) is 6.42 Å². The Labute approximate surface area is 148 Å². The first kappa shape index (κ1) is 20.8. The summed E-state index contributed by atoms with van der Waals surface area (Å²) in [5, 5.41) is 11.8. The van der Waals surface area contributed by atoms with Gasteiger partial charge in [0.05, 0.1) is 13.2 Å². The molecule has 6 N–H and O–H groups in total. The molecular formula is C13H21N7O6. The van der Waals surface area contributed by atoms with Gasteiger partial charge in [-0.05, 0) is 19.8 Å². The first-order chi connectivity index (χ1) is 12.2. The number of aromatic nitrogens is 1. The van der Waals surface area contributed by atoms with Crippen molar-refractivity contribution in [3.05, 3.63) is 28.0 Å². The number of carbonyl (C=O) groups excluding carboxylic acids is 2. The van der Waals surface area contributed by atoms with Crippen LogP contribution in [0.4, 0.5) is 0 Å². The molecule has 0 saturated heterocycles. The van der Waals surface area contributed by atoms with Crippen molar-refractivity contribution in [2.45, 2.75) is 31.8 Å². The Hall–Kier alpha value is -3.22. The largest absolute Gasteiger partial charge is 0.467 e. The Bertz CT molecular complexity index is 672. The molecule has 0 aliphatic rings. The highest BCUT2D eigenvalue weighted by Crippen LogP contribution is 2.10. The van der Waals surface area contributed by atoms with E-state index in [2.05, 4.69) is 20.0 Å². The molecule has 0 radical (unpaired) electrons. The van der Waals surface area contributed by atoms with Crippen molar-refractivity contribution in [2.75, 3.05) is 13.7 Å². The summed E-state index contributed by atoms with van der Waals surface area (Å²) in [6.45, 7) is 1.75. The van der Waals surface area contributed by atoms with Crippen molar-refractivity contribution in [1.82, 2.24) is 15.7 Å². The van der Waals surface area contributed by atoms with Crippen LogP contribution in [0.1, 0.15) is 42.2 Å². The van der Waals surface area contributed by atoms with Crippen LogP contribution in [-0.2, 0) is 9.53 Å². The van der Waals surface area contributed by atoms with Crippen LogP contribution in [0.2, 0.25) is 0 Å². The van der Waals surface area contributed by atoms with Gasteiger partial charge in [-0.2, -0.15) is 0 Å². The second-order valence-electron chi connectivity index (χ2n) is 5.19. The number of esters is 1. The van der Waals surface area contributed by atoms with E-state index < -0.39 is 29.0 Å². The molecule has 13 heteroatoms. The van der Waals surface area contributed by atoms with Gasteiger partial charge in [-0.1, -0.05) is 5.43 Å². The highest BCUT2D eigenvalue weighted by atomic mass is 16.7. The van der Waals surface area contributed by atoms with E-state index >= 15 is 0 Å². The third-order valence-electron chi connectivity index (χ3n) is 3.07. The van der Waals surface area contributed by atoms with Gasteiger partial charge >= 0.3 is 5.97 Å². The number of carbonyl (C=O) groups is 2. The lowest BCUT2D eigenvalue weighted by atomic mass is 10.1. The van der Waals surface area contributed by atoms with Gasteiger partial charge in [0, 0.05) is 6.54 Å². The van der Waals surface area contributed by atoms with Gasteiger partial charge in [-0.3, -0.25) is 4.79 Å². The lowest BCUT2D eigenvalue weighted by Gasteiger charge is -2.15. The normalized spacial score (nSPS) is 13.6. The summed E-state index contributed by atoms with van der Waals surface area (Å²) in [6.07, 6.45) is 1.62. The maximum absolute atomic E-state index is 12.2. The molecule has 1 heterocycles. The quantitative estimate of drug-likeness (QED) is 0.102. The lowest BCUT2D eigenvalue weighted by Crippen LogP contribution is -2.41. The molecule has 2 atom stereocenters. The average Bonchev–Trinajstić information content (AvgIpc) is 3.06. The van der Waals surface area contributed by atoms with Crippen molar-refractivity contribution in [1.29, 1.82) is 0 Å². The average molecular weight is 371 g/mol. The van der Waals surface area contributed by atoms with E-state index in [0.717, 1.165) is 6.26 Å². The number of guanidine groups is 1. The predicted molar refractivity (Wildman–Crippen MR) is 88.2 cm³/mol. The van der Waals surface area contributed by atoms with Gasteiger partial charge < -0.3 is 25.9 Å². The fraction of sp³-hybridized carbons (Fsp3) is 0.538. The SMILES string of the molecule is COC(=O)C(CCCN=C(N)N[N+](=O)[O-])NC(=O)c1coc(C(C)N)n1. The molecule has 0 aliphatic carbocycles. The minimum absolute atomic E-state index is 0.0244. The molecule has 1 aromatic heterocycles. The van der Waals surface area contributed by atoms with Gasteiger partial charge in [0.2, 0.25) is 5.89 Å². The third kappa shape index (κ3) is 6.72. The molecule has 1 aromatic rings. The maximum Gasteiger partial charge on any atom is 0.328 e. The first-order valence-electron chi connectivity index (χ1n) is 7.55. The van der Waals surface area contributed by atoms with Crippen LogP contribution in [0.25, 0.3) is 0 Å². The molecule has 13 nitrogen and oxygen atoms in total. The minimum Gasteiger partial charge on any atom is -0.467 e. The molecular weight excluding hydrogens is 350 g/mol. The monoisotopic (exact) mass is 371 g/mol. The predicted octanol–water partition coefficient (Wildman–Crippen LogP) is -1.16. The zero-order valence-electron chi connectivity index (χ0n) is 14.3. The minimum atomic E-state index is -0.956. The van der Waals surface area contributed by atoms with Crippen molar-refractivity contribution in [3.8, 4) is 0 Å². The van der Waals surface area contributed by atoms with Crippen molar-refractivity contribution in [3.63, 3.8) is 0 Å². The zero-order chi connectivity index (χ0) is 19.7. The fourth-order valence-corrected chi connectivity index (χ4v) is 1.85. The number of nitro groups is 1. The first-order valence-corrected chi connectivity index (χ1v) is 7.55. The van der Waals surface area contributed by atoms with Crippen LogP contribution in [0.5, 0.6) is 0 Å². The molecule has 0 spiro atoms. The van der Waals surface area contributed by atoms with Crippen molar-refractivity contribution in [2.24, 2.45) is 16.5 Å². The summed E-state index contributed by atoms with van der Waals surface area (Å²) in [5.41, 5.74) is 12.5. The van der Waals surface area contributed by atoms with Crippen LogP contribution < -0.4 is 22.2 Å². The fourth-order valence-electron chi connectivity index (χ4n) is 1.85. The molecule has 1 amide bonds. The number of ether oxygens (including phenoxy) is 1. The number of methoxy groups -OCH3 is 1. The van der Waals surface area contributed by atoms with Crippen LogP contribution in [-0.4, -0.2) is 47.5 Å². The molecule has 0 aliphatic heterocycles.